The van der Waals surface area contributed by atoms with Crippen molar-refractivity contribution in [2.75, 3.05) is 26.1 Å². The zero-order chi connectivity index (χ0) is 23.2. The van der Waals surface area contributed by atoms with Crippen molar-refractivity contribution >= 4 is 11.4 Å². The first-order chi connectivity index (χ1) is 16.1. The van der Waals surface area contributed by atoms with Crippen molar-refractivity contribution in [3.05, 3.63) is 91.8 Å². The van der Waals surface area contributed by atoms with Gasteiger partial charge < -0.3 is 20.1 Å². The summed E-state index contributed by atoms with van der Waals surface area (Å²) in [5, 5.41) is 6.77. The van der Waals surface area contributed by atoms with Crippen LogP contribution in [0.2, 0.25) is 0 Å². The van der Waals surface area contributed by atoms with Crippen LogP contribution < -0.4 is 31.0 Å². The van der Waals surface area contributed by atoms with E-state index in [1.165, 1.54) is 38.4 Å². The SMILES string of the molecule is COc1ccc(C(NCCC2=CCCCC2)c2cccc(Nc3c(OC)c(=O)c3=O)c2)cc1. The smallest absolute Gasteiger partial charge is 0.272 e. The molecule has 3 aromatic carbocycles. The van der Waals surface area contributed by atoms with E-state index in [1.54, 1.807) is 7.11 Å². The van der Waals surface area contributed by atoms with Gasteiger partial charge in [0.25, 0.3) is 10.9 Å². The van der Waals surface area contributed by atoms with E-state index in [4.69, 9.17) is 9.47 Å². The molecule has 0 spiro atoms. The van der Waals surface area contributed by atoms with Crippen LogP contribution in [-0.4, -0.2) is 20.8 Å². The molecular weight excluding hydrogens is 416 g/mol. The number of hydrogen-bond donors (Lipinski definition) is 2. The lowest BCUT2D eigenvalue weighted by atomic mass is 9.95. The summed E-state index contributed by atoms with van der Waals surface area (Å²) in [6, 6.07) is 15.9. The molecule has 6 nitrogen and oxygen atoms in total. The van der Waals surface area contributed by atoms with E-state index >= 15 is 0 Å². The van der Waals surface area contributed by atoms with Crippen LogP contribution in [0.1, 0.15) is 49.3 Å². The highest BCUT2D eigenvalue weighted by atomic mass is 16.5. The van der Waals surface area contributed by atoms with Gasteiger partial charge in [0.05, 0.1) is 20.3 Å². The van der Waals surface area contributed by atoms with Gasteiger partial charge in [-0.2, -0.15) is 0 Å². The van der Waals surface area contributed by atoms with E-state index in [9.17, 15) is 9.59 Å². The summed E-state index contributed by atoms with van der Waals surface area (Å²) in [4.78, 5) is 23.6. The van der Waals surface area contributed by atoms with Crippen molar-refractivity contribution in [2.45, 2.75) is 38.1 Å². The Hall–Kier alpha value is -3.38. The molecule has 2 N–H and O–H groups in total. The van der Waals surface area contributed by atoms with Gasteiger partial charge >= 0.3 is 0 Å². The molecule has 4 rings (SSSR count). The average Bonchev–Trinajstić information content (AvgIpc) is 2.87. The van der Waals surface area contributed by atoms with Crippen LogP contribution in [0.25, 0.3) is 0 Å². The van der Waals surface area contributed by atoms with Gasteiger partial charge in [-0.1, -0.05) is 35.9 Å². The van der Waals surface area contributed by atoms with E-state index in [-0.39, 0.29) is 17.5 Å². The molecule has 0 radical (unpaired) electrons. The first-order valence-electron chi connectivity index (χ1n) is 11.4. The Bertz CT molecular complexity index is 1190. The van der Waals surface area contributed by atoms with Crippen molar-refractivity contribution < 1.29 is 9.47 Å². The van der Waals surface area contributed by atoms with Crippen molar-refractivity contribution in [1.29, 1.82) is 0 Å². The van der Waals surface area contributed by atoms with E-state index in [2.05, 4.69) is 34.9 Å². The third kappa shape index (κ3) is 5.17. The summed E-state index contributed by atoms with van der Waals surface area (Å²) in [5.41, 5.74) is 3.50. The van der Waals surface area contributed by atoms with Crippen LogP contribution in [-0.2, 0) is 0 Å². The summed E-state index contributed by atoms with van der Waals surface area (Å²) in [6.07, 6.45) is 8.37. The Labute approximate surface area is 193 Å². The van der Waals surface area contributed by atoms with Crippen LogP contribution in [0.4, 0.5) is 11.4 Å². The number of rotatable bonds is 10. The van der Waals surface area contributed by atoms with Gasteiger partial charge in [-0.05, 0) is 74.0 Å². The van der Waals surface area contributed by atoms with E-state index in [1.807, 2.05) is 30.3 Å². The normalized spacial score (nSPS) is 14.5. The molecule has 0 aliphatic heterocycles. The average molecular weight is 447 g/mol. The minimum absolute atomic E-state index is 0.0311. The van der Waals surface area contributed by atoms with Crippen LogP contribution >= 0.6 is 0 Å². The quantitative estimate of drug-likeness (QED) is 0.350. The van der Waals surface area contributed by atoms with Gasteiger partial charge in [0.1, 0.15) is 11.4 Å². The maximum atomic E-state index is 11.9. The van der Waals surface area contributed by atoms with Crippen LogP contribution in [0.3, 0.4) is 0 Å². The van der Waals surface area contributed by atoms with Crippen LogP contribution in [0, 0.1) is 0 Å². The number of nitrogens with one attached hydrogen (secondary N) is 2. The van der Waals surface area contributed by atoms with Crippen molar-refractivity contribution in [3.8, 4) is 11.5 Å². The number of methoxy groups -OCH3 is 2. The fraction of sp³-hybridized carbons (Fsp3) is 0.333. The lowest BCUT2D eigenvalue weighted by molar-refractivity contribution is 0.408. The van der Waals surface area contributed by atoms with Gasteiger partial charge in [-0.15, -0.1) is 0 Å². The second-order valence-electron chi connectivity index (χ2n) is 8.34. The fourth-order valence-corrected chi connectivity index (χ4v) is 4.35. The second-order valence-corrected chi connectivity index (χ2v) is 8.34. The largest absolute Gasteiger partial charge is 0.497 e. The molecule has 0 bridgehead atoms. The zero-order valence-corrected chi connectivity index (χ0v) is 19.1. The molecular formula is C27H30N2O4. The molecule has 1 aliphatic rings. The molecule has 33 heavy (non-hydrogen) atoms. The maximum Gasteiger partial charge on any atom is 0.272 e. The molecule has 0 amide bonds. The molecule has 0 saturated heterocycles. The molecule has 1 aliphatic carbocycles. The number of anilines is 2. The number of benzene rings is 2. The molecule has 0 fully saturated rings. The minimum Gasteiger partial charge on any atom is -0.497 e. The van der Waals surface area contributed by atoms with E-state index in [0.29, 0.717) is 0 Å². The molecule has 1 unspecified atom stereocenters. The van der Waals surface area contributed by atoms with Gasteiger partial charge in [0.2, 0.25) is 0 Å². The predicted molar refractivity (Wildman–Crippen MR) is 132 cm³/mol. The first kappa shape index (κ1) is 22.8. The van der Waals surface area contributed by atoms with Crippen molar-refractivity contribution in [1.82, 2.24) is 5.32 Å². The highest BCUT2D eigenvalue weighted by Gasteiger charge is 2.22. The van der Waals surface area contributed by atoms with E-state index in [0.717, 1.165) is 35.5 Å². The lowest BCUT2D eigenvalue weighted by Crippen LogP contribution is -2.34. The first-order valence-corrected chi connectivity index (χ1v) is 11.4. The zero-order valence-electron chi connectivity index (χ0n) is 19.1. The molecule has 0 heterocycles. The van der Waals surface area contributed by atoms with Gasteiger partial charge in [0.15, 0.2) is 5.75 Å². The van der Waals surface area contributed by atoms with Gasteiger partial charge in [0, 0.05) is 5.69 Å². The third-order valence-electron chi connectivity index (χ3n) is 6.19. The Morgan fingerprint density at radius 3 is 2.45 bits per heavy atom. The van der Waals surface area contributed by atoms with Crippen LogP contribution in [0.15, 0.2) is 69.8 Å². The Morgan fingerprint density at radius 2 is 1.76 bits per heavy atom. The lowest BCUT2D eigenvalue weighted by Gasteiger charge is -2.22. The fourth-order valence-electron chi connectivity index (χ4n) is 4.35. The van der Waals surface area contributed by atoms with Crippen LogP contribution in [0.5, 0.6) is 11.5 Å². The molecule has 1 atom stereocenters. The highest BCUT2D eigenvalue weighted by molar-refractivity contribution is 5.70. The maximum absolute atomic E-state index is 11.9. The Morgan fingerprint density at radius 1 is 0.939 bits per heavy atom. The molecule has 3 aromatic rings. The Balaban J connectivity index is 1.56. The predicted octanol–water partition coefficient (Wildman–Crippen LogP) is 4.61. The van der Waals surface area contributed by atoms with Crippen molar-refractivity contribution in [3.63, 3.8) is 0 Å². The summed E-state index contributed by atoms with van der Waals surface area (Å²) in [6.45, 7) is 0.867. The number of hydrogen-bond acceptors (Lipinski definition) is 6. The molecule has 0 saturated carbocycles. The molecule has 172 valence electrons. The van der Waals surface area contributed by atoms with Gasteiger partial charge in [-0.25, -0.2) is 0 Å². The van der Waals surface area contributed by atoms with E-state index < -0.39 is 10.9 Å². The topological polar surface area (TPSA) is 76.7 Å². The summed E-state index contributed by atoms with van der Waals surface area (Å²) < 4.78 is 10.4. The number of ether oxygens (including phenoxy) is 2. The second kappa shape index (κ2) is 10.5. The Kier molecular flexibility index (Phi) is 7.25. The van der Waals surface area contributed by atoms with Crippen molar-refractivity contribution in [2.24, 2.45) is 0 Å². The number of allylic oxidation sites excluding steroid dienone is 1. The monoisotopic (exact) mass is 446 g/mol. The molecule has 6 heteroatoms. The van der Waals surface area contributed by atoms with Gasteiger partial charge in [-0.3, -0.25) is 9.59 Å². The minimum atomic E-state index is -0.592. The summed E-state index contributed by atoms with van der Waals surface area (Å²) >= 11 is 0. The summed E-state index contributed by atoms with van der Waals surface area (Å²) in [7, 11) is 3.05. The third-order valence-corrected chi connectivity index (χ3v) is 6.19. The highest BCUT2D eigenvalue weighted by Crippen LogP contribution is 2.29. The molecule has 0 aromatic heterocycles. The summed E-state index contributed by atoms with van der Waals surface area (Å²) in [5.74, 6) is 0.892. The standard InChI is InChI=1S/C27H30N2O4/c1-32-22-13-11-19(12-14-22)23(28-16-15-18-7-4-3-5-8-18)20-9-6-10-21(17-20)29-24-25(30)26(31)27(24)33-2/h6-7,9-14,17,23,28-29H,3-5,8,15-16H2,1-2H3.